The lowest BCUT2D eigenvalue weighted by molar-refractivity contribution is -0.143. The SMILES string of the molecule is CC/C=C/C/C=C/C/C=C/CCCCCCCC(=O)OCCC. The Hall–Kier alpha value is -1.31. The van der Waals surface area contributed by atoms with Gasteiger partial charge in [0.2, 0.25) is 0 Å². The zero-order valence-electron chi connectivity index (χ0n) is 15.3. The van der Waals surface area contributed by atoms with E-state index in [9.17, 15) is 4.79 Å². The Morgan fingerprint density at radius 1 is 0.783 bits per heavy atom. The van der Waals surface area contributed by atoms with E-state index >= 15 is 0 Å². The van der Waals surface area contributed by atoms with Crippen LogP contribution in [0.2, 0.25) is 0 Å². The summed E-state index contributed by atoms with van der Waals surface area (Å²) in [6.07, 6.45) is 25.1. The molecule has 0 heterocycles. The molecular weight excluding hydrogens is 284 g/mol. The van der Waals surface area contributed by atoms with Crippen molar-refractivity contribution in [3.05, 3.63) is 36.5 Å². The number of rotatable bonds is 15. The number of carbonyl (C=O) groups excluding carboxylic acids is 1. The van der Waals surface area contributed by atoms with E-state index in [4.69, 9.17) is 4.74 Å². The Labute approximate surface area is 143 Å². The molecule has 2 heteroatoms. The van der Waals surface area contributed by atoms with Crippen molar-refractivity contribution in [3.63, 3.8) is 0 Å². The van der Waals surface area contributed by atoms with Gasteiger partial charge in [0.05, 0.1) is 6.61 Å². The second-order valence-corrected chi connectivity index (χ2v) is 5.82. The van der Waals surface area contributed by atoms with E-state index in [1.807, 2.05) is 6.92 Å². The summed E-state index contributed by atoms with van der Waals surface area (Å²) in [6.45, 7) is 4.74. The van der Waals surface area contributed by atoms with Crippen LogP contribution in [0.15, 0.2) is 36.5 Å². The zero-order valence-corrected chi connectivity index (χ0v) is 15.3. The molecule has 0 aliphatic carbocycles. The smallest absolute Gasteiger partial charge is 0.305 e. The van der Waals surface area contributed by atoms with Crippen molar-refractivity contribution in [1.29, 1.82) is 0 Å². The first-order chi connectivity index (χ1) is 11.3. The third-order valence-corrected chi connectivity index (χ3v) is 3.50. The van der Waals surface area contributed by atoms with Crippen molar-refractivity contribution in [3.8, 4) is 0 Å². The fourth-order valence-electron chi connectivity index (χ4n) is 2.18. The molecule has 0 atom stereocenters. The number of hydrogen-bond acceptors (Lipinski definition) is 2. The van der Waals surface area contributed by atoms with Gasteiger partial charge in [0, 0.05) is 6.42 Å². The number of hydrogen-bond donors (Lipinski definition) is 0. The Balaban J connectivity index is 3.28. The molecule has 0 rings (SSSR count). The van der Waals surface area contributed by atoms with Gasteiger partial charge in [-0.3, -0.25) is 4.79 Å². The third-order valence-electron chi connectivity index (χ3n) is 3.50. The minimum Gasteiger partial charge on any atom is -0.466 e. The highest BCUT2D eigenvalue weighted by Crippen LogP contribution is 2.08. The molecule has 0 saturated carbocycles. The maximum atomic E-state index is 11.3. The van der Waals surface area contributed by atoms with Crippen molar-refractivity contribution in [1.82, 2.24) is 0 Å². The molecule has 0 spiro atoms. The quantitative estimate of drug-likeness (QED) is 0.195. The van der Waals surface area contributed by atoms with Crippen molar-refractivity contribution >= 4 is 5.97 Å². The molecule has 0 aliphatic heterocycles. The highest BCUT2D eigenvalue weighted by molar-refractivity contribution is 5.69. The van der Waals surface area contributed by atoms with Gasteiger partial charge in [-0.05, 0) is 44.9 Å². The molecule has 0 unspecified atom stereocenters. The molecule has 0 N–H and O–H groups in total. The van der Waals surface area contributed by atoms with Crippen LogP contribution in [0, 0.1) is 0 Å². The fourth-order valence-corrected chi connectivity index (χ4v) is 2.18. The van der Waals surface area contributed by atoms with Crippen LogP contribution in [0.4, 0.5) is 0 Å². The second kappa shape index (κ2) is 18.7. The minimum atomic E-state index is -0.0342. The van der Waals surface area contributed by atoms with Crippen LogP contribution >= 0.6 is 0 Å². The Morgan fingerprint density at radius 2 is 1.39 bits per heavy atom. The van der Waals surface area contributed by atoms with Crippen molar-refractivity contribution < 1.29 is 9.53 Å². The van der Waals surface area contributed by atoms with E-state index in [2.05, 4.69) is 43.4 Å². The van der Waals surface area contributed by atoms with Crippen LogP contribution in [0.5, 0.6) is 0 Å². The van der Waals surface area contributed by atoms with Crippen molar-refractivity contribution in [2.24, 2.45) is 0 Å². The summed E-state index contributed by atoms with van der Waals surface area (Å²) < 4.78 is 5.05. The summed E-state index contributed by atoms with van der Waals surface area (Å²) in [6, 6.07) is 0. The van der Waals surface area contributed by atoms with Crippen LogP contribution in [-0.2, 0) is 9.53 Å². The van der Waals surface area contributed by atoms with Crippen molar-refractivity contribution in [2.45, 2.75) is 84.5 Å². The number of esters is 1. The Morgan fingerprint density at radius 3 is 2.09 bits per heavy atom. The molecule has 0 bridgehead atoms. The van der Waals surface area contributed by atoms with E-state index in [0.29, 0.717) is 13.0 Å². The summed E-state index contributed by atoms with van der Waals surface area (Å²) in [5, 5.41) is 0. The lowest BCUT2D eigenvalue weighted by atomic mass is 10.1. The molecule has 0 aromatic rings. The molecule has 0 amide bonds. The highest BCUT2D eigenvalue weighted by atomic mass is 16.5. The van der Waals surface area contributed by atoms with Gasteiger partial charge in [0.25, 0.3) is 0 Å². The molecule has 0 aromatic carbocycles. The van der Waals surface area contributed by atoms with E-state index in [1.165, 1.54) is 25.7 Å². The Bertz CT molecular complexity index is 340. The fraction of sp³-hybridized carbons (Fsp3) is 0.667. The molecule has 0 saturated heterocycles. The monoisotopic (exact) mass is 320 g/mol. The topological polar surface area (TPSA) is 26.3 Å². The van der Waals surface area contributed by atoms with Crippen LogP contribution in [-0.4, -0.2) is 12.6 Å². The molecule has 0 fully saturated rings. The van der Waals surface area contributed by atoms with E-state index in [1.54, 1.807) is 0 Å². The first kappa shape index (κ1) is 21.7. The number of allylic oxidation sites excluding steroid dienone is 6. The van der Waals surface area contributed by atoms with Gasteiger partial charge in [-0.2, -0.15) is 0 Å². The van der Waals surface area contributed by atoms with E-state index in [0.717, 1.165) is 38.5 Å². The van der Waals surface area contributed by atoms with Crippen LogP contribution in [0.1, 0.15) is 84.5 Å². The van der Waals surface area contributed by atoms with Crippen LogP contribution in [0.3, 0.4) is 0 Å². The zero-order chi connectivity index (χ0) is 17.0. The standard InChI is InChI=1S/C21H36O2/c1-3-5-6-7-8-9-10-11-12-13-14-15-16-17-18-19-21(22)23-20-4-2/h5-6,8-9,11-12H,3-4,7,10,13-20H2,1-2H3/b6-5+,9-8+,12-11+. The second-order valence-electron chi connectivity index (χ2n) is 5.82. The van der Waals surface area contributed by atoms with Crippen LogP contribution in [0.25, 0.3) is 0 Å². The average molecular weight is 321 g/mol. The first-order valence-corrected chi connectivity index (χ1v) is 9.41. The molecule has 2 nitrogen and oxygen atoms in total. The normalized spacial score (nSPS) is 11.9. The predicted octanol–water partition coefficient (Wildman–Crippen LogP) is 6.53. The van der Waals surface area contributed by atoms with Gasteiger partial charge in [0.1, 0.15) is 0 Å². The highest BCUT2D eigenvalue weighted by Gasteiger charge is 2.00. The third kappa shape index (κ3) is 18.6. The summed E-state index contributed by atoms with van der Waals surface area (Å²) in [5.74, 6) is -0.0342. The van der Waals surface area contributed by atoms with Crippen molar-refractivity contribution in [2.75, 3.05) is 6.61 Å². The molecule has 0 aromatic heterocycles. The van der Waals surface area contributed by atoms with E-state index in [-0.39, 0.29) is 5.97 Å². The van der Waals surface area contributed by atoms with Gasteiger partial charge in [-0.25, -0.2) is 0 Å². The summed E-state index contributed by atoms with van der Waals surface area (Å²) in [5.41, 5.74) is 0. The van der Waals surface area contributed by atoms with E-state index < -0.39 is 0 Å². The summed E-state index contributed by atoms with van der Waals surface area (Å²) >= 11 is 0. The van der Waals surface area contributed by atoms with Crippen LogP contribution < -0.4 is 0 Å². The number of ether oxygens (including phenoxy) is 1. The first-order valence-electron chi connectivity index (χ1n) is 9.41. The van der Waals surface area contributed by atoms with Gasteiger partial charge >= 0.3 is 5.97 Å². The minimum absolute atomic E-state index is 0.0342. The van der Waals surface area contributed by atoms with Gasteiger partial charge < -0.3 is 4.74 Å². The van der Waals surface area contributed by atoms with Gasteiger partial charge in [0.15, 0.2) is 0 Å². The number of carbonyl (C=O) groups is 1. The number of unbranched alkanes of at least 4 members (excludes halogenated alkanes) is 5. The maximum Gasteiger partial charge on any atom is 0.305 e. The largest absolute Gasteiger partial charge is 0.466 e. The molecule has 132 valence electrons. The lowest BCUT2D eigenvalue weighted by Gasteiger charge is -2.02. The lowest BCUT2D eigenvalue weighted by Crippen LogP contribution is -2.04. The summed E-state index contributed by atoms with van der Waals surface area (Å²) in [4.78, 5) is 11.3. The van der Waals surface area contributed by atoms with Gasteiger partial charge in [-0.1, -0.05) is 69.6 Å². The van der Waals surface area contributed by atoms with Gasteiger partial charge in [-0.15, -0.1) is 0 Å². The molecular formula is C21H36O2. The maximum absolute atomic E-state index is 11.3. The predicted molar refractivity (Wildman–Crippen MR) is 101 cm³/mol. The molecule has 0 radical (unpaired) electrons. The summed E-state index contributed by atoms with van der Waals surface area (Å²) in [7, 11) is 0. The Kier molecular flexibility index (Phi) is 17.7. The molecule has 0 aliphatic rings. The molecule has 23 heavy (non-hydrogen) atoms. The average Bonchev–Trinajstić information content (AvgIpc) is 2.56.